The molecule has 100 valence electrons. The summed E-state index contributed by atoms with van der Waals surface area (Å²) in [7, 11) is 0. The van der Waals surface area contributed by atoms with E-state index in [1.165, 1.54) is 0 Å². The van der Waals surface area contributed by atoms with Gasteiger partial charge >= 0.3 is 5.69 Å². The Bertz CT molecular complexity index is 426. The number of hydrogen-bond donors (Lipinski definition) is 1. The summed E-state index contributed by atoms with van der Waals surface area (Å²) >= 11 is 5.82. The standard InChI is InChI=1S/C11H17ClN4O2/c1-3-5-6-7-13-11-9(16(17)18)10(12)14-8(4-2)15-11/h3-7H2,1-2H3,(H,13,14,15). The Balaban J connectivity index is 2.91. The SMILES string of the molecule is CCCCCNc1nc(CC)nc(Cl)c1[N+](=O)[O-]. The number of nitrogens with one attached hydrogen (secondary N) is 1. The maximum atomic E-state index is 10.9. The summed E-state index contributed by atoms with van der Waals surface area (Å²) in [6, 6.07) is 0. The van der Waals surface area contributed by atoms with Gasteiger partial charge in [-0.3, -0.25) is 10.1 Å². The molecule has 0 bridgehead atoms. The first-order valence-corrected chi connectivity index (χ1v) is 6.42. The van der Waals surface area contributed by atoms with Crippen molar-refractivity contribution in [2.45, 2.75) is 39.5 Å². The largest absolute Gasteiger partial charge is 0.364 e. The summed E-state index contributed by atoms with van der Waals surface area (Å²) in [5.41, 5.74) is -0.245. The molecule has 0 aliphatic carbocycles. The fourth-order valence-electron chi connectivity index (χ4n) is 1.50. The van der Waals surface area contributed by atoms with E-state index in [0.29, 0.717) is 18.8 Å². The van der Waals surface area contributed by atoms with Crippen LogP contribution in [-0.4, -0.2) is 21.4 Å². The minimum absolute atomic E-state index is 0.107. The van der Waals surface area contributed by atoms with Gasteiger partial charge in [-0.05, 0) is 6.42 Å². The quantitative estimate of drug-likeness (QED) is 0.357. The molecule has 1 rings (SSSR count). The zero-order valence-corrected chi connectivity index (χ0v) is 11.3. The molecule has 6 nitrogen and oxygen atoms in total. The van der Waals surface area contributed by atoms with Gasteiger partial charge in [-0.1, -0.05) is 38.3 Å². The summed E-state index contributed by atoms with van der Waals surface area (Å²) < 4.78 is 0. The third-order valence-corrected chi connectivity index (χ3v) is 2.72. The molecule has 0 aliphatic heterocycles. The first-order valence-electron chi connectivity index (χ1n) is 6.04. The fourth-order valence-corrected chi connectivity index (χ4v) is 1.75. The predicted molar refractivity (Wildman–Crippen MR) is 71.1 cm³/mol. The summed E-state index contributed by atoms with van der Waals surface area (Å²) in [5, 5.41) is 13.8. The smallest absolute Gasteiger partial charge is 0.348 e. The lowest BCUT2D eigenvalue weighted by Crippen LogP contribution is -2.09. The predicted octanol–water partition coefficient (Wildman–Crippen LogP) is 3.20. The van der Waals surface area contributed by atoms with Gasteiger partial charge in [0.2, 0.25) is 11.0 Å². The topological polar surface area (TPSA) is 81.0 Å². The van der Waals surface area contributed by atoms with Gasteiger partial charge in [0.15, 0.2) is 0 Å². The molecule has 0 fully saturated rings. The highest BCUT2D eigenvalue weighted by atomic mass is 35.5. The van der Waals surface area contributed by atoms with Crippen molar-refractivity contribution in [3.8, 4) is 0 Å². The number of anilines is 1. The Kier molecular flexibility index (Phi) is 5.77. The Hall–Kier alpha value is -1.43. The molecule has 1 aromatic rings. The van der Waals surface area contributed by atoms with Crippen LogP contribution < -0.4 is 5.32 Å². The van der Waals surface area contributed by atoms with Crippen molar-refractivity contribution in [2.75, 3.05) is 11.9 Å². The number of unbranched alkanes of at least 4 members (excludes halogenated alkanes) is 2. The Morgan fingerprint density at radius 3 is 2.61 bits per heavy atom. The van der Waals surface area contributed by atoms with Gasteiger partial charge < -0.3 is 5.32 Å². The van der Waals surface area contributed by atoms with Crippen LogP contribution in [0.1, 0.15) is 38.9 Å². The molecule has 0 spiro atoms. The molecule has 0 aromatic carbocycles. The van der Waals surface area contributed by atoms with Crippen molar-refractivity contribution in [2.24, 2.45) is 0 Å². The van der Waals surface area contributed by atoms with Gasteiger partial charge in [-0.25, -0.2) is 9.97 Å². The molecule has 1 N–H and O–H groups in total. The second kappa shape index (κ2) is 7.10. The Morgan fingerprint density at radius 1 is 1.33 bits per heavy atom. The van der Waals surface area contributed by atoms with Gasteiger partial charge in [-0.2, -0.15) is 0 Å². The summed E-state index contributed by atoms with van der Waals surface area (Å²) in [6.45, 7) is 4.61. The van der Waals surface area contributed by atoms with Gasteiger partial charge in [0.05, 0.1) is 4.92 Å². The first kappa shape index (κ1) is 14.6. The molecule has 18 heavy (non-hydrogen) atoms. The van der Waals surface area contributed by atoms with Crippen LogP contribution in [-0.2, 0) is 6.42 Å². The zero-order valence-electron chi connectivity index (χ0n) is 10.6. The van der Waals surface area contributed by atoms with Crippen molar-refractivity contribution >= 4 is 23.1 Å². The van der Waals surface area contributed by atoms with Crippen LogP contribution in [0.15, 0.2) is 0 Å². The molecular weight excluding hydrogens is 256 g/mol. The molecule has 0 unspecified atom stereocenters. The first-order chi connectivity index (χ1) is 8.60. The third-order valence-electron chi connectivity index (χ3n) is 2.46. The lowest BCUT2D eigenvalue weighted by molar-refractivity contribution is -0.384. The molecule has 0 amide bonds. The minimum atomic E-state index is -0.552. The van der Waals surface area contributed by atoms with Crippen LogP contribution >= 0.6 is 11.6 Å². The van der Waals surface area contributed by atoms with E-state index in [9.17, 15) is 10.1 Å². The molecule has 0 saturated carbocycles. The second-order valence-electron chi connectivity index (χ2n) is 3.87. The second-order valence-corrected chi connectivity index (χ2v) is 4.23. The third kappa shape index (κ3) is 3.80. The maximum absolute atomic E-state index is 10.9. The zero-order chi connectivity index (χ0) is 13.5. The highest BCUT2D eigenvalue weighted by molar-refractivity contribution is 6.31. The van der Waals surface area contributed by atoms with E-state index < -0.39 is 4.92 Å². The maximum Gasteiger partial charge on any atom is 0.348 e. The van der Waals surface area contributed by atoms with E-state index in [1.54, 1.807) is 0 Å². The van der Waals surface area contributed by atoms with E-state index in [0.717, 1.165) is 19.3 Å². The number of aryl methyl sites for hydroxylation is 1. The van der Waals surface area contributed by atoms with E-state index in [4.69, 9.17) is 11.6 Å². The number of aromatic nitrogens is 2. The summed E-state index contributed by atoms with van der Waals surface area (Å²) in [5.74, 6) is 0.719. The number of nitro groups is 1. The van der Waals surface area contributed by atoms with Crippen molar-refractivity contribution in [3.63, 3.8) is 0 Å². The fraction of sp³-hybridized carbons (Fsp3) is 0.636. The summed E-state index contributed by atoms with van der Waals surface area (Å²) in [4.78, 5) is 18.4. The number of hydrogen-bond acceptors (Lipinski definition) is 5. The lowest BCUT2D eigenvalue weighted by Gasteiger charge is -2.07. The molecule has 0 atom stereocenters. The Labute approximate surface area is 111 Å². The van der Waals surface area contributed by atoms with E-state index >= 15 is 0 Å². The molecule has 7 heteroatoms. The van der Waals surface area contributed by atoms with Gasteiger partial charge in [0.1, 0.15) is 5.82 Å². The van der Waals surface area contributed by atoms with E-state index in [2.05, 4.69) is 22.2 Å². The average Bonchev–Trinajstić information content (AvgIpc) is 2.33. The number of halogens is 1. The molecular formula is C11H17ClN4O2. The average molecular weight is 273 g/mol. The van der Waals surface area contributed by atoms with Crippen LogP contribution in [0.4, 0.5) is 11.5 Å². The van der Waals surface area contributed by atoms with Crippen molar-refractivity contribution in [1.29, 1.82) is 0 Å². The number of nitrogens with zero attached hydrogens (tertiary/aromatic N) is 3. The molecule has 1 heterocycles. The normalized spacial score (nSPS) is 10.4. The van der Waals surface area contributed by atoms with Gasteiger partial charge in [-0.15, -0.1) is 0 Å². The highest BCUT2D eigenvalue weighted by Gasteiger charge is 2.22. The monoisotopic (exact) mass is 272 g/mol. The molecule has 0 radical (unpaired) electrons. The highest BCUT2D eigenvalue weighted by Crippen LogP contribution is 2.29. The van der Waals surface area contributed by atoms with Crippen LogP contribution in [0.25, 0.3) is 0 Å². The van der Waals surface area contributed by atoms with Crippen LogP contribution in [0, 0.1) is 10.1 Å². The van der Waals surface area contributed by atoms with Crippen LogP contribution in [0.5, 0.6) is 0 Å². The Morgan fingerprint density at radius 2 is 2.06 bits per heavy atom. The van der Waals surface area contributed by atoms with Crippen LogP contribution in [0.2, 0.25) is 5.15 Å². The van der Waals surface area contributed by atoms with Gasteiger partial charge in [0, 0.05) is 13.0 Å². The van der Waals surface area contributed by atoms with Crippen molar-refractivity contribution in [3.05, 3.63) is 21.1 Å². The molecule has 0 aliphatic rings. The van der Waals surface area contributed by atoms with E-state index in [-0.39, 0.29) is 16.7 Å². The number of rotatable bonds is 7. The van der Waals surface area contributed by atoms with Crippen LogP contribution in [0.3, 0.4) is 0 Å². The summed E-state index contributed by atoms with van der Waals surface area (Å²) in [6.07, 6.45) is 3.69. The molecule has 0 saturated heterocycles. The molecule has 1 aromatic heterocycles. The lowest BCUT2D eigenvalue weighted by atomic mass is 10.2. The van der Waals surface area contributed by atoms with Gasteiger partial charge in [0.25, 0.3) is 0 Å². The van der Waals surface area contributed by atoms with Crippen molar-refractivity contribution < 1.29 is 4.92 Å². The van der Waals surface area contributed by atoms with Crippen molar-refractivity contribution in [1.82, 2.24) is 9.97 Å². The minimum Gasteiger partial charge on any atom is -0.364 e. The van der Waals surface area contributed by atoms with E-state index in [1.807, 2.05) is 6.92 Å².